The van der Waals surface area contributed by atoms with Crippen LogP contribution in [-0.4, -0.2) is 11.1 Å². The first-order chi connectivity index (χ1) is 10.2. The highest BCUT2D eigenvalue weighted by atomic mass is 35.5. The monoisotopic (exact) mass is 322 g/mol. The second-order valence-corrected chi connectivity index (χ2v) is 6.43. The van der Waals surface area contributed by atoms with E-state index in [1.165, 1.54) is 30.4 Å². The molecule has 0 saturated carbocycles. The summed E-state index contributed by atoms with van der Waals surface area (Å²) in [5.41, 5.74) is 3.88. The number of benzene rings is 1. The fourth-order valence-corrected chi connectivity index (χ4v) is 3.68. The number of nitrogens with zero attached hydrogens (tertiary/aromatic N) is 1. The molecule has 1 aliphatic rings. The summed E-state index contributed by atoms with van der Waals surface area (Å²) in [5, 5.41) is 5.04. The fourth-order valence-electron chi connectivity index (χ4n) is 3.16. The van der Waals surface area contributed by atoms with Crippen LogP contribution in [-0.2, 0) is 13.0 Å². The van der Waals surface area contributed by atoms with Crippen molar-refractivity contribution in [3.8, 4) is 0 Å². The van der Waals surface area contributed by atoms with Gasteiger partial charge in [-0.1, -0.05) is 36.2 Å². The zero-order valence-corrected chi connectivity index (χ0v) is 13.7. The van der Waals surface area contributed by atoms with Gasteiger partial charge in [-0.25, -0.2) is 0 Å². The minimum Gasteiger partial charge on any atom is -0.349 e. The largest absolute Gasteiger partial charge is 0.349 e. The Morgan fingerprint density at radius 2 is 2.00 bits per heavy atom. The number of nitrogens with one attached hydrogen (secondary N) is 1. The lowest BCUT2D eigenvalue weighted by molar-refractivity contribution is 0.473. The van der Waals surface area contributed by atoms with Crippen LogP contribution in [0.4, 0.5) is 0 Å². The highest BCUT2D eigenvalue weighted by Gasteiger charge is 2.21. The molecular formula is C17H20Cl2N2. The van der Waals surface area contributed by atoms with Crippen molar-refractivity contribution in [2.75, 3.05) is 6.54 Å². The lowest BCUT2D eigenvalue weighted by atomic mass is 9.91. The molecule has 0 bridgehead atoms. The molecular weight excluding hydrogens is 303 g/mol. The Hall–Kier alpha value is -0.960. The van der Waals surface area contributed by atoms with E-state index in [0.29, 0.717) is 6.04 Å². The normalized spacial score (nSPS) is 17.8. The molecule has 3 rings (SSSR count). The summed E-state index contributed by atoms with van der Waals surface area (Å²) in [6, 6.07) is 6.17. The van der Waals surface area contributed by atoms with Gasteiger partial charge in [0.05, 0.1) is 0 Å². The Bertz CT molecular complexity index is 613. The number of rotatable bonds is 4. The minimum atomic E-state index is 0.488. The smallest absolute Gasteiger partial charge is 0.0500 e. The lowest BCUT2D eigenvalue weighted by Crippen LogP contribution is -2.23. The molecule has 4 heteroatoms. The third-order valence-corrected chi connectivity index (χ3v) is 4.87. The zero-order chi connectivity index (χ0) is 14.8. The molecule has 1 N–H and O–H groups in total. The maximum atomic E-state index is 6.27. The van der Waals surface area contributed by atoms with Crippen LogP contribution in [0.25, 0.3) is 0 Å². The van der Waals surface area contributed by atoms with Crippen LogP contribution in [0.2, 0.25) is 10.0 Å². The van der Waals surface area contributed by atoms with Gasteiger partial charge in [0, 0.05) is 40.6 Å². The van der Waals surface area contributed by atoms with Gasteiger partial charge in [0.1, 0.15) is 0 Å². The van der Waals surface area contributed by atoms with Gasteiger partial charge in [-0.05, 0) is 49.1 Å². The van der Waals surface area contributed by atoms with Crippen molar-refractivity contribution in [2.24, 2.45) is 0 Å². The number of hydrogen-bond acceptors (Lipinski definition) is 1. The number of halogens is 2. The second kappa shape index (κ2) is 6.43. The molecule has 0 radical (unpaired) electrons. The van der Waals surface area contributed by atoms with E-state index in [-0.39, 0.29) is 0 Å². The first-order valence-corrected chi connectivity index (χ1v) is 8.29. The first-order valence-electron chi connectivity index (χ1n) is 7.54. The summed E-state index contributed by atoms with van der Waals surface area (Å²) in [4.78, 5) is 0. The van der Waals surface area contributed by atoms with E-state index in [2.05, 4.69) is 29.2 Å². The van der Waals surface area contributed by atoms with Gasteiger partial charge in [0.15, 0.2) is 0 Å². The summed E-state index contributed by atoms with van der Waals surface area (Å²) in [7, 11) is 0. The van der Waals surface area contributed by atoms with Gasteiger partial charge >= 0.3 is 0 Å². The zero-order valence-electron chi connectivity index (χ0n) is 12.2. The van der Waals surface area contributed by atoms with Crippen molar-refractivity contribution in [3.05, 3.63) is 57.3 Å². The van der Waals surface area contributed by atoms with Crippen LogP contribution >= 0.6 is 23.2 Å². The quantitative estimate of drug-likeness (QED) is 0.853. The van der Waals surface area contributed by atoms with Crippen molar-refractivity contribution in [1.82, 2.24) is 9.88 Å². The van der Waals surface area contributed by atoms with Crippen LogP contribution in [0.1, 0.15) is 42.5 Å². The van der Waals surface area contributed by atoms with Crippen molar-refractivity contribution in [1.29, 1.82) is 0 Å². The molecule has 0 saturated heterocycles. The molecule has 1 aromatic carbocycles. The fraction of sp³-hybridized carbons (Fsp3) is 0.412. The minimum absolute atomic E-state index is 0.488. The summed E-state index contributed by atoms with van der Waals surface area (Å²) in [6.07, 6.45) is 8.14. The molecule has 1 aromatic heterocycles. The van der Waals surface area contributed by atoms with Crippen molar-refractivity contribution in [3.63, 3.8) is 0 Å². The highest BCUT2D eigenvalue weighted by molar-refractivity contribution is 6.35. The summed E-state index contributed by atoms with van der Waals surface area (Å²) in [5.74, 6) is 0. The number of aryl methyl sites for hydroxylation is 1. The molecule has 21 heavy (non-hydrogen) atoms. The van der Waals surface area contributed by atoms with Gasteiger partial charge in [0.25, 0.3) is 0 Å². The van der Waals surface area contributed by atoms with E-state index < -0.39 is 0 Å². The maximum absolute atomic E-state index is 6.27. The molecule has 1 heterocycles. The molecule has 1 unspecified atom stereocenters. The third-order valence-electron chi connectivity index (χ3n) is 4.16. The van der Waals surface area contributed by atoms with E-state index in [9.17, 15) is 0 Å². The molecule has 0 amide bonds. The first kappa shape index (κ1) is 15.0. The lowest BCUT2D eigenvalue weighted by Gasteiger charge is -2.22. The Kier molecular flexibility index (Phi) is 4.58. The van der Waals surface area contributed by atoms with E-state index in [0.717, 1.165) is 28.7 Å². The molecule has 0 fully saturated rings. The summed E-state index contributed by atoms with van der Waals surface area (Å²) in [6.45, 7) is 3.89. The number of fused-ring (bicyclic) bond motifs is 1. The summed E-state index contributed by atoms with van der Waals surface area (Å²) < 4.78 is 2.22. The van der Waals surface area contributed by atoms with E-state index >= 15 is 0 Å². The van der Waals surface area contributed by atoms with Crippen molar-refractivity contribution in [2.45, 2.75) is 38.8 Å². The average molecular weight is 323 g/mol. The molecule has 0 aliphatic heterocycles. The predicted octanol–water partition coefficient (Wildman–Crippen LogP) is 4.83. The number of aromatic nitrogens is 1. The molecule has 1 aliphatic carbocycles. The Morgan fingerprint density at radius 1 is 1.24 bits per heavy atom. The summed E-state index contributed by atoms with van der Waals surface area (Å²) >= 11 is 12.5. The van der Waals surface area contributed by atoms with E-state index in [1.807, 2.05) is 18.2 Å². The molecule has 1 atom stereocenters. The van der Waals surface area contributed by atoms with Crippen LogP contribution in [0.5, 0.6) is 0 Å². The van der Waals surface area contributed by atoms with Crippen LogP contribution in [0, 0.1) is 0 Å². The third kappa shape index (κ3) is 3.13. The van der Waals surface area contributed by atoms with Gasteiger partial charge in [-0.3, -0.25) is 0 Å². The molecule has 2 aromatic rings. The standard InChI is InChI=1S/C17H20Cl2N2/c1-2-20-17-8-3-5-12-9-21(10-13(12)17)11-14-15(18)6-4-7-16(14)19/h4,6-7,9-10,17,20H,2-3,5,8,11H2,1H3. The van der Waals surface area contributed by atoms with Gasteiger partial charge in [-0.2, -0.15) is 0 Å². The van der Waals surface area contributed by atoms with Crippen molar-refractivity contribution < 1.29 is 0 Å². The Labute approximate surface area is 136 Å². The SMILES string of the molecule is CCNC1CCCc2cn(Cc3c(Cl)cccc3Cl)cc21. The molecule has 112 valence electrons. The number of hydrogen-bond donors (Lipinski definition) is 1. The van der Waals surface area contributed by atoms with E-state index in [4.69, 9.17) is 23.2 Å². The van der Waals surface area contributed by atoms with Crippen LogP contribution < -0.4 is 5.32 Å². The Morgan fingerprint density at radius 3 is 2.71 bits per heavy atom. The van der Waals surface area contributed by atoms with Gasteiger partial charge < -0.3 is 9.88 Å². The molecule has 0 spiro atoms. The van der Waals surface area contributed by atoms with Crippen LogP contribution in [0.15, 0.2) is 30.6 Å². The van der Waals surface area contributed by atoms with Crippen molar-refractivity contribution >= 4 is 23.2 Å². The average Bonchev–Trinajstić information content (AvgIpc) is 2.87. The van der Waals surface area contributed by atoms with E-state index in [1.54, 1.807) is 0 Å². The predicted molar refractivity (Wildman–Crippen MR) is 89.4 cm³/mol. The van der Waals surface area contributed by atoms with Gasteiger partial charge in [-0.15, -0.1) is 0 Å². The van der Waals surface area contributed by atoms with Gasteiger partial charge in [0.2, 0.25) is 0 Å². The second-order valence-electron chi connectivity index (χ2n) is 5.61. The molecule has 2 nitrogen and oxygen atoms in total. The maximum Gasteiger partial charge on any atom is 0.0500 e. The Balaban J connectivity index is 1.88. The topological polar surface area (TPSA) is 17.0 Å². The van der Waals surface area contributed by atoms with Crippen LogP contribution in [0.3, 0.4) is 0 Å². The highest BCUT2D eigenvalue weighted by Crippen LogP contribution is 2.32.